The lowest BCUT2D eigenvalue weighted by atomic mass is 10.1. The summed E-state index contributed by atoms with van der Waals surface area (Å²) in [6, 6.07) is -0.549. The van der Waals surface area contributed by atoms with E-state index in [0.717, 1.165) is 11.4 Å². The predicted molar refractivity (Wildman–Crippen MR) is 60.5 cm³/mol. The summed E-state index contributed by atoms with van der Waals surface area (Å²) in [4.78, 5) is 18.7. The molecule has 1 unspecified atom stereocenters. The van der Waals surface area contributed by atoms with Gasteiger partial charge in [0.15, 0.2) is 0 Å². The Bertz CT molecular complexity index is 522. The van der Waals surface area contributed by atoms with Crippen LogP contribution in [-0.4, -0.2) is 36.1 Å². The van der Waals surface area contributed by atoms with Gasteiger partial charge >= 0.3 is 0 Å². The molecule has 2 rings (SSSR count). The molecule has 8 heteroatoms. The summed E-state index contributed by atoms with van der Waals surface area (Å²) in [7, 11) is -3.50. The van der Waals surface area contributed by atoms with Gasteiger partial charge in [0.25, 0.3) is 5.91 Å². The van der Waals surface area contributed by atoms with Crippen LogP contribution in [0.15, 0.2) is 6.33 Å². The Morgan fingerprint density at radius 2 is 2.41 bits per heavy atom. The number of nitrogens with one attached hydrogen (secondary N) is 3. The predicted octanol–water partition coefficient (Wildman–Crippen LogP) is -1.11. The highest BCUT2D eigenvalue weighted by atomic mass is 32.2. The van der Waals surface area contributed by atoms with Crippen LogP contribution < -0.4 is 10.0 Å². The molecule has 2 heterocycles. The fourth-order valence-electron chi connectivity index (χ4n) is 1.65. The fourth-order valence-corrected chi connectivity index (χ4v) is 2.24. The van der Waals surface area contributed by atoms with E-state index in [4.69, 9.17) is 0 Å². The quantitative estimate of drug-likeness (QED) is 0.638. The van der Waals surface area contributed by atoms with E-state index in [2.05, 4.69) is 15.3 Å². The molecule has 1 amide bonds. The molecule has 0 spiro atoms. The topological polar surface area (TPSA) is 104 Å². The van der Waals surface area contributed by atoms with E-state index < -0.39 is 22.0 Å². The van der Waals surface area contributed by atoms with Crippen LogP contribution in [0.3, 0.4) is 0 Å². The number of aromatic nitrogens is 2. The normalized spacial score (nSPS) is 19.7. The number of aromatic amines is 1. The van der Waals surface area contributed by atoms with Gasteiger partial charge in [0, 0.05) is 13.0 Å². The van der Waals surface area contributed by atoms with Crippen LogP contribution in [0, 0.1) is 0 Å². The molecule has 1 aromatic heterocycles. The molecule has 1 aliphatic rings. The molecule has 0 bridgehead atoms. The number of hydrogen-bond donors (Lipinski definition) is 3. The zero-order valence-corrected chi connectivity index (χ0v) is 10.2. The van der Waals surface area contributed by atoms with Crippen molar-refractivity contribution < 1.29 is 13.2 Å². The Morgan fingerprint density at radius 1 is 1.65 bits per heavy atom. The van der Waals surface area contributed by atoms with Crippen LogP contribution in [0.25, 0.3) is 0 Å². The summed E-state index contributed by atoms with van der Waals surface area (Å²) in [6.45, 7) is 1.97. The molecule has 94 valence electrons. The number of amides is 1. The zero-order chi connectivity index (χ0) is 12.5. The van der Waals surface area contributed by atoms with E-state index in [-0.39, 0.29) is 5.75 Å². The average molecular weight is 258 g/mol. The molecule has 0 saturated heterocycles. The lowest BCUT2D eigenvalue weighted by Gasteiger charge is -2.21. The van der Waals surface area contributed by atoms with Gasteiger partial charge in [-0.3, -0.25) is 14.8 Å². The summed E-state index contributed by atoms with van der Waals surface area (Å²) < 4.78 is 24.6. The number of H-pyrrole nitrogens is 1. The Balaban J connectivity index is 2.04. The minimum absolute atomic E-state index is 0.112. The maximum absolute atomic E-state index is 11.7. The molecular formula is C9H14N4O3S. The second-order valence-electron chi connectivity index (χ2n) is 3.84. The molecule has 7 nitrogen and oxygen atoms in total. The Hall–Kier alpha value is -1.41. The Kier molecular flexibility index (Phi) is 3.16. The molecule has 0 aromatic carbocycles. The first-order valence-electron chi connectivity index (χ1n) is 5.30. The first-order valence-corrected chi connectivity index (χ1v) is 6.96. The highest BCUT2D eigenvalue weighted by Crippen LogP contribution is 2.12. The van der Waals surface area contributed by atoms with Gasteiger partial charge in [-0.25, -0.2) is 13.4 Å². The van der Waals surface area contributed by atoms with Crippen molar-refractivity contribution >= 4 is 15.9 Å². The monoisotopic (exact) mass is 258 g/mol. The van der Waals surface area contributed by atoms with Crippen LogP contribution in [-0.2, 0) is 27.8 Å². The number of carbonyl (C=O) groups is 1. The van der Waals surface area contributed by atoms with Crippen LogP contribution in [0.5, 0.6) is 0 Å². The third-order valence-corrected chi connectivity index (χ3v) is 3.96. The van der Waals surface area contributed by atoms with Gasteiger partial charge in [0.2, 0.25) is 10.0 Å². The summed E-state index contributed by atoms with van der Waals surface area (Å²) in [5, 5.41) is 2.96. The SMILES string of the molecule is CCS(=O)(=O)NC(=O)C1Cc2nc[nH]c2CN1. The zero-order valence-electron chi connectivity index (χ0n) is 9.36. The molecule has 1 aliphatic heterocycles. The van der Waals surface area contributed by atoms with Gasteiger partial charge in [-0.15, -0.1) is 0 Å². The minimum atomic E-state index is -3.50. The van der Waals surface area contributed by atoms with E-state index in [0.29, 0.717) is 13.0 Å². The fraction of sp³-hybridized carbons (Fsp3) is 0.556. The third-order valence-electron chi connectivity index (χ3n) is 2.68. The largest absolute Gasteiger partial charge is 0.347 e. The Morgan fingerprint density at radius 3 is 3.12 bits per heavy atom. The van der Waals surface area contributed by atoms with Crippen LogP contribution in [0.2, 0.25) is 0 Å². The number of nitrogens with zero attached hydrogens (tertiary/aromatic N) is 1. The van der Waals surface area contributed by atoms with Gasteiger partial charge in [0.05, 0.1) is 29.5 Å². The number of sulfonamides is 1. The first kappa shape index (κ1) is 12.1. The minimum Gasteiger partial charge on any atom is -0.347 e. The van der Waals surface area contributed by atoms with E-state index in [1.807, 2.05) is 4.72 Å². The molecule has 1 aromatic rings. The lowest BCUT2D eigenvalue weighted by molar-refractivity contribution is -0.121. The highest BCUT2D eigenvalue weighted by Gasteiger charge is 2.27. The van der Waals surface area contributed by atoms with Crippen molar-refractivity contribution in [2.75, 3.05) is 5.75 Å². The maximum atomic E-state index is 11.7. The van der Waals surface area contributed by atoms with Gasteiger partial charge < -0.3 is 4.98 Å². The molecule has 0 saturated carbocycles. The number of carbonyl (C=O) groups excluding carboxylic acids is 1. The molecular weight excluding hydrogens is 244 g/mol. The van der Waals surface area contributed by atoms with Gasteiger partial charge in [0.1, 0.15) is 0 Å². The van der Waals surface area contributed by atoms with E-state index in [1.165, 1.54) is 6.92 Å². The molecule has 0 aliphatic carbocycles. The van der Waals surface area contributed by atoms with E-state index in [1.54, 1.807) is 6.33 Å². The van der Waals surface area contributed by atoms with Crippen molar-refractivity contribution in [2.24, 2.45) is 0 Å². The summed E-state index contributed by atoms with van der Waals surface area (Å²) >= 11 is 0. The molecule has 1 atom stereocenters. The molecule has 3 N–H and O–H groups in total. The number of imidazole rings is 1. The lowest BCUT2D eigenvalue weighted by Crippen LogP contribution is -2.49. The van der Waals surface area contributed by atoms with Gasteiger partial charge in [-0.1, -0.05) is 0 Å². The van der Waals surface area contributed by atoms with E-state index >= 15 is 0 Å². The van der Waals surface area contributed by atoms with Crippen molar-refractivity contribution in [3.8, 4) is 0 Å². The highest BCUT2D eigenvalue weighted by molar-refractivity contribution is 7.90. The van der Waals surface area contributed by atoms with Crippen LogP contribution in [0.1, 0.15) is 18.3 Å². The average Bonchev–Trinajstić information content (AvgIpc) is 2.75. The van der Waals surface area contributed by atoms with Crippen LogP contribution >= 0.6 is 0 Å². The number of rotatable bonds is 3. The number of fused-ring (bicyclic) bond motifs is 1. The van der Waals surface area contributed by atoms with E-state index in [9.17, 15) is 13.2 Å². The summed E-state index contributed by atoms with van der Waals surface area (Å²) in [5.74, 6) is -0.639. The number of hydrogen-bond acceptors (Lipinski definition) is 5. The summed E-state index contributed by atoms with van der Waals surface area (Å²) in [5.41, 5.74) is 1.74. The van der Waals surface area contributed by atoms with Crippen molar-refractivity contribution in [1.82, 2.24) is 20.0 Å². The van der Waals surface area contributed by atoms with Gasteiger partial charge in [-0.05, 0) is 6.92 Å². The molecule has 0 radical (unpaired) electrons. The second-order valence-corrected chi connectivity index (χ2v) is 5.85. The first-order chi connectivity index (χ1) is 8.02. The van der Waals surface area contributed by atoms with Crippen molar-refractivity contribution in [3.63, 3.8) is 0 Å². The van der Waals surface area contributed by atoms with Gasteiger partial charge in [-0.2, -0.15) is 0 Å². The maximum Gasteiger partial charge on any atom is 0.250 e. The molecule has 17 heavy (non-hydrogen) atoms. The van der Waals surface area contributed by atoms with Crippen molar-refractivity contribution in [3.05, 3.63) is 17.7 Å². The smallest absolute Gasteiger partial charge is 0.250 e. The van der Waals surface area contributed by atoms with Crippen molar-refractivity contribution in [2.45, 2.75) is 25.9 Å². The van der Waals surface area contributed by atoms with Crippen molar-refractivity contribution in [1.29, 1.82) is 0 Å². The molecule has 0 fully saturated rings. The Labute approximate surface area is 99.1 Å². The second kappa shape index (κ2) is 4.46. The third kappa shape index (κ3) is 2.64. The standard InChI is InChI=1S/C9H14N4O3S/c1-2-17(15,16)13-9(14)7-3-6-8(4-10-7)12-5-11-6/h5,7,10H,2-4H2,1H3,(H,11,12)(H,13,14). The van der Waals surface area contributed by atoms with Crippen LogP contribution in [0.4, 0.5) is 0 Å². The summed E-state index contributed by atoms with van der Waals surface area (Å²) in [6.07, 6.45) is 1.96.